The Bertz CT molecular complexity index is 223. The molecule has 0 saturated carbocycles. The zero-order valence-corrected chi connectivity index (χ0v) is 13.0. The first kappa shape index (κ1) is 12.8. The van der Waals surface area contributed by atoms with E-state index in [9.17, 15) is 5.11 Å². The molecule has 1 aromatic carbocycles. The molecule has 0 bridgehead atoms. The van der Waals surface area contributed by atoms with Crippen LogP contribution in [-0.2, 0) is 12.8 Å². The summed E-state index contributed by atoms with van der Waals surface area (Å²) in [4.78, 5) is 0. The van der Waals surface area contributed by atoms with Crippen LogP contribution in [0.2, 0.25) is 0 Å². The van der Waals surface area contributed by atoms with Gasteiger partial charge in [-0.15, -0.1) is 5.75 Å². The molecule has 0 heterocycles. The van der Waals surface area contributed by atoms with E-state index in [2.05, 4.69) is 0 Å². The Hall–Kier alpha value is 0.825. The first-order valence-corrected chi connectivity index (χ1v) is 4.07. The normalized spacial score (nSPS) is 9.17. The molecule has 0 radical (unpaired) electrons. The van der Waals surface area contributed by atoms with Crippen LogP contribution in [0.4, 0.5) is 0 Å². The van der Waals surface area contributed by atoms with Crippen molar-refractivity contribution in [2.75, 3.05) is 0 Å². The van der Waals surface area contributed by atoms with Crippen molar-refractivity contribution in [2.45, 2.75) is 26.7 Å². The Kier molecular flexibility index (Phi) is 6.74. The van der Waals surface area contributed by atoms with Gasteiger partial charge in [-0.05, 0) is 12.8 Å². The molecule has 60 valence electrons. The summed E-state index contributed by atoms with van der Waals surface area (Å²) in [5.74, 6) is 0.234. The second-order valence-electron chi connectivity index (χ2n) is 2.61. The van der Waals surface area contributed by atoms with Gasteiger partial charge in [-0.1, -0.05) is 43.2 Å². The third-order valence-electron chi connectivity index (χ3n) is 1.94. The maximum atomic E-state index is 11.4. The topological polar surface area (TPSA) is 23.1 Å². The van der Waals surface area contributed by atoms with Crippen LogP contribution in [-0.4, -0.2) is 0 Å². The second kappa shape index (κ2) is 6.30. The monoisotopic (exact) mass is 234 g/mol. The fourth-order valence-corrected chi connectivity index (χ4v) is 1.19. The van der Waals surface area contributed by atoms with Crippen LogP contribution in [0.25, 0.3) is 0 Å². The first-order valence-electron chi connectivity index (χ1n) is 4.07. The van der Waals surface area contributed by atoms with Gasteiger partial charge in [0.2, 0.25) is 0 Å². The number of benzene rings is 1. The summed E-state index contributed by atoms with van der Waals surface area (Å²) in [5.41, 5.74) is 1.87. The Labute approximate surface area is 123 Å². The van der Waals surface area contributed by atoms with E-state index in [1.807, 2.05) is 32.0 Å². The van der Waals surface area contributed by atoms with E-state index >= 15 is 0 Å². The van der Waals surface area contributed by atoms with Gasteiger partial charge in [0.15, 0.2) is 0 Å². The summed E-state index contributed by atoms with van der Waals surface area (Å²) in [6, 6.07) is 5.77. The van der Waals surface area contributed by atoms with Gasteiger partial charge in [0.05, 0.1) is 0 Å². The van der Waals surface area contributed by atoms with Crippen molar-refractivity contribution >= 4 is 0 Å². The molecule has 0 atom stereocenters. The van der Waals surface area contributed by atoms with Crippen molar-refractivity contribution in [3.8, 4) is 5.75 Å². The van der Waals surface area contributed by atoms with Gasteiger partial charge in [0.25, 0.3) is 0 Å². The summed E-state index contributed by atoms with van der Waals surface area (Å²) >= 11 is 0. The molecule has 12 heavy (non-hydrogen) atoms. The quantitative estimate of drug-likeness (QED) is 0.637. The van der Waals surface area contributed by atoms with E-state index in [0.717, 1.165) is 24.0 Å². The maximum absolute atomic E-state index is 11.4. The Morgan fingerprint density at radius 1 is 1.08 bits per heavy atom. The fraction of sp³-hybridized carbons (Fsp3) is 0.400. The average molecular weight is 235 g/mol. The molecule has 0 amide bonds. The average Bonchev–Trinajstić information content (AvgIpc) is 2.05. The SMILES string of the molecule is CCc1cccc(CC)c1[O-].[Rb+]. The summed E-state index contributed by atoms with van der Waals surface area (Å²) < 4.78 is 0. The number of hydrogen-bond acceptors (Lipinski definition) is 1. The molecule has 0 aromatic heterocycles. The smallest absolute Gasteiger partial charge is 0.872 e. The van der Waals surface area contributed by atoms with Crippen LogP contribution < -0.4 is 63.3 Å². The van der Waals surface area contributed by atoms with Crippen LogP contribution >= 0.6 is 0 Å². The molecule has 0 spiro atoms. The van der Waals surface area contributed by atoms with E-state index in [0.29, 0.717) is 0 Å². The molecule has 0 aliphatic rings. The van der Waals surface area contributed by atoms with Crippen molar-refractivity contribution in [1.82, 2.24) is 0 Å². The molecule has 0 fully saturated rings. The Balaban J connectivity index is 0.00000121. The molecule has 0 unspecified atom stereocenters. The van der Waals surface area contributed by atoms with Crippen molar-refractivity contribution in [3.05, 3.63) is 29.3 Å². The minimum atomic E-state index is 0. The van der Waals surface area contributed by atoms with Crippen molar-refractivity contribution in [1.29, 1.82) is 0 Å². The fourth-order valence-electron chi connectivity index (χ4n) is 1.19. The molecule has 1 aromatic rings. The van der Waals surface area contributed by atoms with Gasteiger partial charge < -0.3 is 5.11 Å². The predicted molar refractivity (Wildman–Crippen MR) is 44.6 cm³/mol. The van der Waals surface area contributed by atoms with Gasteiger partial charge in [-0.25, -0.2) is 0 Å². The molecule has 0 aliphatic heterocycles. The molecule has 2 heteroatoms. The van der Waals surface area contributed by atoms with Crippen LogP contribution in [0.3, 0.4) is 0 Å². The summed E-state index contributed by atoms with van der Waals surface area (Å²) in [7, 11) is 0. The number of hydrogen-bond donors (Lipinski definition) is 0. The zero-order chi connectivity index (χ0) is 8.27. The number of aryl methyl sites for hydroxylation is 2. The van der Waals surface area contributed by atoms with Crippen LogP contribution in [0, 0.1) is 0 Å². The van der Waals surface area contributed by atoms with E-state index < -0.39 is 0 Å². The molecule has 0 aliphatic carbocycles. The molecule has 1 nitrogen and oxygen atoms in total. The first-order chi connectivity index (χ1) is 5.29. The standard InChI is InChI=1S/C10H14O.Rb/c1-3-8-6-5-7-9(4-2)10(8)11;/h5-7,11H,3-4H2,1-2H3;/q;+1/p-1. The zero-order valence-electron chi connectivity index (χ0n) is 8.05. The summed E-state index contributed by atoms with van der Waals surface area (Å²) in [6.07, 6.45) is 1.68. The van der Waals surface area contributed by atoms with Gasteiger partial charge in [0.1, 0.15) is 0 Å². The molecule has 0 N–H and O–H groups in total. The third-order valence-corrected chi connectivity index (χ3v) is 1.94. The van der Waals surface area contributed by atoms with Gasteiger partial charge >= 0.3 is 58.2 Å². The predicted octanol–water partition coefficient (Wildman–Crippen LogP) is -1.11. The second-order valence-corrected chi connectivity index (χ2v) is 2.61. The van der Waals surface area contributed by atoms with Crippen molar-refractivity contribution in [2.24, 2.45) is 0 Å². The summed E-state index contributed by atoms with van der Waals surface area (Å²) in [6.45, 7) is 4.02. The largest absolute Gasteiger partial charge is 1.00 e. The van der Waals surface area contributed by atoms with Crippen LogP contribution in [0.15, 0.2) is 18.2 Å². The Morgan fingerprint density at radius 3 is 1.83 bits per heavy atom. The van der Waals surface area contributed by atoms with Crippen LogP contribution in [0.1, 0.15) is 25.0 Å². The van der Waals surface area contributed by atoms with Gasteiger partial charge in [-0.3, -0.25) is 0 Å². The minimum absolute atomic E-state index is 0. The Morgan fingerprint density at radius 2 is 1.50 bits per heavy atom. The maximum Gasteiger partial charge on any atom is 1.00 e. The van der Waals surface area contributed by atoms with Crippen molar-refractivity contribution < 1.29 is 63.3 Å². The molecular weight excluding hydrogens is 222 g/mol. The van der Waals surface area contributed by atoms with Gasteiger partial charge in [0, 0.05) is 0 Å². The van der Waals surface area contributed by atoms with Crippen LogP contribution in [0.5, 0.6) is 5.75 Å². The van der Waals surface area contributed by atoms with Crippen molar-refractivity contribution in [3.63, 3.8) is 0 Å². The summed E-state index contributed by atoms with van der Waals surface area (Å²) in [5, 5.41) is 11.4. The number of rotatable bonds is 2. The third kappa shape index (κ3) is 2.95. The number of para-hydroxylation sites is 1. The minimum Gasteiger partial charge on any atom is -0.872 e. The van der Waals surface area contributed by atoms with E-state index in [4.69, 9.17) is 0 Å². The van der Waals surface area contributed by atoms with E-state index in [1.54, 1.807) is 0 Å². The molecule has 1 rings (SSSR count). The molecular formula is C10H13ORb. The van der Waals surface area contributed by atoms with Gasteiger partial charge in [-0.2, -0.15) is 0 Å². The van der Waals surface area contributed by atoms with E-state index in [-0.39, 0.29) is 63.9 Å². The van der Waals surface area contributed by atoms with E-state index in [1.165, 1.54) is 0 Å². The molecule has 0 saturated heterocycles.